The van der Waals surface area contributed by atoms with E-state index in [9.17, 15) is 0 Å². The molecule has 27 heavy (non-hydrogen) atoms. The highest BCUT2D eigenvalue weighted by Crippen LogP contribution is 2.16. The summed E-state index contributed by atoms with van der Waals surface area (Å²) in [5.41, 5.74) is 2.67. The van der Waals surface area contributed by atoms with E-state index in [0.717, 1.165) is 32.1 Å². The molecule has 1 saturated heterocycles. The van der Waals surface area contributed by atoms with Crippen LogP contribution >= 0.6 is 0 Å². The molecule has 0 aliphatic carbocycles. The first-order chi connectivity index (χ1) is 13.0. The molecule has 1 aromatic carbocycles. The van der Waals surface area contributed by atoms with E-state index in [2.05, 4.69) is 79.4 Å². The molecule has 5 nitrogen and oxygen atoms in total. The Kier molecular flexibility index (Phi) is 9.08. The number of hydrogen-bond donors (Lipinski definition) is 2. The molecule has 1 aliphatic rings. The minimum atomic E-state index is 0.536. The maximum absolute atomic E-state index is 4.87. The predicted molar refractivity (Wildman–Crippen MR) is 116 cm³/mol. The summed E-state index contributed by atoms with van der Waals surface area (Å²) in [7, 11) is 2.18. The highest BCUT2D eigenvalue weighted by Gasteiger charge is 2.22. The van der Waals surface area contributed by atoms with E-state index in [1.165, 1.54) is 30.5 Å². The molecule has 0 radical (unpaired) electrons. The van der Waals surface area contributed by atoms with Gasteiger partial charge in [0.2, 0.25) is 0 Å². The molecule has 0 amide bonds. The van der Waals surface area contributed by atoms with Crippen LogP contribution in [0.1, 0.15) is 51.7 Å². The third kappa shape index (κ3) is 6.82. The Labute approximate surface area is 166 Å². The maximum Gasteiger partial charge on any atom is 0.191 e. The summed E-state index contributed by atoms with van der Waals surface area (Å²) in [5.74, 6) is 0.924. The van der Waals surface area contributed by atoms with Crippen LogP contribution in [-0.2, 0) is 13.1 Å². The lowest BCUT2D eigenvalue weighted by Crippen LogP contribution is -2.44. The van der Waals surface area contributed by atoms with Crippen molar-refractivity contribution in [3.63, 3.8) is 0 Å². The Morgan fingerprint density at radius 2 is 1.96 bits per heavy atom. The molecule has 0 saturated carbocycles. The number of guanidine groups is 1. The standard InChI is InChI=1S/C22H39N5/c1-6-23-22(25-16-21-13-10-14-27(21)7-2)24-15-19-11-8-9-12-20(19)17-26(5)18(3)4/h8-9,11-12,18,21H,6-7,10,13-17H2,1-5H3,(H2,23,24,25). The lowest BCUT2D eigenvalue weighted by molar-refractivity contribution is 0.265. The van der Waals surface area contributed by atoms with Gasteiger partial charge in [0.05, 0.1) is 6.54 Å². The third-order valence-corrected chi connectivity index (χ3v) is 5.58. The quantitative estimate of drug-likeness (QED) is 0.516. The minimum Gasteiger partial charge on any atom is -0.357 e. The Hall–Kier alpha value is -1.59. The summed E-state index contributed by atoms with van der Waals surface area (Å²) < 4.78 is 0. The van der Waals surface area contributed by atoms with Gasteiger partial charge in [-0.05, 0) is 64.9 Å². The molecule has 0 bridgehead atoms. The Balaban J connectivity index is 1.99. The lowest BCUT2D eigenvalue weighted by Gasteiger charge is -2.24. The van der Waals surface area contributed by atoms with Gasteiger partial charge >= 0.3 is 0 Å². The van der Waals surface area contributed by atoms with Crippen LogP contribution in [0.25, 0.3) is 0 Å². The van der Waals surface area contributed by atoms with E-state index in [1.54, 1.807) is 0 Å². The fraction of sp³-hybridized carbons (Fsp3) is 0.682. The normalized spacial score (nSPS) is 18.5. The second-order valence-electron chi connectivity index (χ2n) is 7.78. The number of hydrogen-bond acceptors (Lipinski definition) is 3. The fourth-order valence-electron chi connectivity index (χ4n) is 3.58. The average molecular weight is 374 g/mol. The van der Waals surface area contributed by atoms with Crippen molar-refractivity contribution >= 4 is 5.96 Å². The molecule has 2 rings (SSSR count). The summed E-state index contributed by atoms with van der Waals surface area (Å²) in [6.07, 6.45) is 2.59. The molecular weight excluding hydrogens is 334 g/mol. The van der Waals surface area contributed by atoms with Crippen molar-refractivity contribution in [2.24, 2.45) is 4.99 Å². The predicted octanol–water partition coefficient (Wildman–Crippen LogP) is 3.07. The maximum atomic E-state index is 4.87. The number of nitrogens with one attached hydrogen (secondary N) is 2. The van der Waals surface area contributed by atoms with Crippen LogP contribution in [0.2, 0.25) is 0 Å². The number of likely N-dealkylation sites (tertiary alicyclic amines) is 1. The molecule has 1 unspecified atom stereocenters. The highest BCUT2D eigenvalue weighted by atomic mass is 15.2. The Morgan fingerprint density at radius 3 is 2.63 bits per heavy atom. The van der Waals surface area contributed by atoms with Crippen LogP contribution < -0.4 is 10.6 Å². The SMILES string of the molecule is CCNC(=NCc1ccccc1CN(C)C(C)C)NCC1CCCN1CC. The molecule has 1 atom stereocenters. The van der Waals surface area contributed by atoms with Crippen molar-refractivity contribution in [1.29, 1.82) is 0 Å². The minimum absolute atomic E-state index is 0.536. The monoisotopic (exact) mass is 373 g/mol. The zero-order valence-corrected chi connectivity index (χ0v) is 18.0. The van der Waals surface area contributed by atoms with Crippen LogP contribution in [-0.4, -0.2) is 61.1 Å². The lowest BCUT2D eigenvalue weighted by atomic mass is 10.1. The van der Waals surface area contributed by atoms with Crippen molar-refractivity contribution in [2.75, 3.05) is 33.2 Å². The van der Waals surface area contributed by atoms with Crippen molar-refractivity contribution in [3.05, 3.63) is 35.4 Å². The van der Waals surface area contributed by atoms with Gasteiger partial charge < -0.3 is 10.6 Å². The van der Waals surface area contributed by atoms with Crippen molar-refractivity contribution in [2.45, 2.75) is 65.7 Å². The van der Waals surface area contributed by atoms with Crippen LogP contribution in [0.3, 0.4) is 0 Å². The molecule has 152 valence electrons. The zero-order valence-electron chi connectivity index (χ0n) is 18.0. The molecule has 1 heterocycles. The average Bonchev–Trinajstić information content (AvgIpc) is 3.12. The van der Waals surface area contributed by atoms with Gasteiger partial charge in [-0.2, -0.15) is 0 Å². The molecule has 2 N–H and O–H groups in total. The van der Waals surface area contributed by atoms with Gasteiger partial charge in [-0.25, -0.2) is 4.99 Å². The summed E-state index contributed by atoms with van der Waals surface area (Å²) in [6, 6.07) is 9.83. The third-order valence-electron chi connectivity index (χ3n) is 5.58. The Bertz CT molecular complexity index is 584. The molecule has 1 fully saturated rings. The van der Waals surface area contributed by atoms with Gasteiger partial charge in [-0.1, -0.05) is 31.2 Å². The molecule has 5 heteroatoms. The van der Waals surface area contributed by atoms with Crippen LogP contribution in [0.15, 0.2) is 29.3 Å². The molecule has 0 spiro atoms. The molecular formula is C22H39N5. The van der Waals surface area contributed by atoms with Gasteiger partial charge in [0, 0.05) is 31.7 Å². The van der Waals surface area contributed by atoms with Gasteiger partial charge in [-0.15, -0.1) is 0 Å². The summed E-state index contributed by atoms with van der Waals surface area (Å²) in [4.78, 5) is 9.80. The molecule has 1 aliphatic heterocycles. The Morgan fingerprint density at radius 1 is 1.22 bits per heavy atom. The first-order valence-corrected chi connectivity index (χ1v) is 10.6. The number of likely N-dealkylation sites (N-methyl/N-ethyl adjacent to an activating group) is 1. The van der Waals surface area contributed by atoms with E-state index >= 15 is 0 Å². The van der Waals surface area contributed by atoms with Crippen LogP contribution in [0, 0.1) is 0 Å². The first kappa shape index (κ1) is 21.7. The molecule has 0 aromatic heterocycles. The fourth-order valence-corrected chi connectivity index (χ4v) is 3.58. The smallest absolute Gasteiger partial charge is 0.191 e. The van der Waals surface area contributed by atoms with E-state index in [1.807, 2.05) is 0 Å². The van der Waals surface area contributed by atoms with Gasteiger partial charge in [-0.3, -0.25) is 9.80 Å². The van der Waals surface area contributed by atoms with Crippen molar-refractivity contribution in [1.82, 2.24) is 20.4 Å². The number of benzene rings is 1. The first-order valence-electron chi connectivity index (χ1n) is 10.6. The largest absolute Gasteiger partial charge is 0.357 e. The van der Waals surface area contributed by atoms with Gasteiger partial charge in [0.15, 0.2) is 5.96 Å². The second kappa shape index (κ2) is 11.3. The highest BCUT2D eigenvalue weighted by molar-refractivity contribution is 5.79. The number of rotatable bonds is 9. The van der Waals surface area contributed by atoms with Crippen molar-refractivity contribution < 1.29 is 0 Å². The summed E-state index contributed by atoms with van der Waals surface area (Å²) in [5, 5.41) is 6.96. The number of aliphatic imine (C=N–C) groups is 1. The molecule has 1 aromatic rings. The van der Waals surface area contributed by atoms with E-state index in [-0.39, 0.29) is 0 Å². The van der Waals surface area contributed by atoms with E-state index < -0.39 is 0 Å². The van der Waals surface area contributed by atoms with Crippen LogP contribution in [0.4, 0.5) is 0 Å². The summed E-state index contributed by atoms with van der Waals surface area (Å²) in [6.45, 7) is 14.7. The summed E-state index contributed by atoms with van der Waals surface area (Å²) >= 11 is 0. The van der Waals surface area contributed by atoms with Crippen LogP contribution in [0.5, 0.6) is 0 Å². The van der Waals surface area contributed by atoms with E-state index in [4.69, 9.17) is 4.99 Å². The zero-order chi connectivity index (χ0) is 19.6. The van der Waals surface area contributed by atoms with Gasteiger partial charge in [0.1, 0.15) is 0 Å². The van der Waals surface area contributed by atoms with E-state index in [0.29, 0.717) is 18.6 Å². The van der Waals surface area contributed by atoms with Crippen molar-refractivity contribution in [3.8, 4) is 0 Å². The second-order valence-corrected chi connectivity index (χ2v) is 7.78. The van der Waals surface area contributed by atoms with Gasteiger partial charge in [0.25, 0.3) is 0 Å². The number of nitrogens with zero attached hydrogens (tertiary/aromatic N) is 3. The topological polar surface area (TPSA) is 42.9 Å².